The van der Waals surface area contributed by atoms with Crippen LogP contribution in [0, 0.1) is 5.92 Å². The maximum absolute atomic E-state index is 5.65. The van der Waals surface area contributed by atoms with E-state index in [0.717, 1.165) is 31.1 Å². The number of thioether (sulfide) groups is 1. The quantitative estimate of drug-likeness (QED) is 0.878. The van der Waals surface area contributed by atoms with Crippen LogP contribution in [0.3, 0.4) is 0 Å². The minimum atomic E-state index is 0.742. The molecule has 1 heterocycles. The Morgan fingerprint density at radius 2 is 2.38 bits per heavy atom. The first-order valence-electron chi connectivity index (χ1n) is 5.84. The third-order valence-electron chi connectivity index (χ3n) is 3.14. The van der Waals surface area contributed by atoms with Crippen molar-refractivity contribution in [3.05, 3.63) is 23.8 Å². The normalized spacial score (nSPS) is 20.0. The van der Waals surface area contributed by atoms with Crippen LogP contribution in [0.15, 0.2) is 23.1 Å². The summed E-state index contributed by atoms with van der Waals surface area (Å²) in [4.78, 5) is 1.34. The highest BCUT2D eigenvalue weighted by Crippen LogP contribution is 2.38. The minimum absolute atomic E-state index is 0.742. The number of hydrogen-bond donors (Lipinski definition) is 1. The van der Waals surface area contributed by atoms with E-state index in [1.54, 1.807) is 7.11 Å². The van der Waals surface area contributed by atoms with Crippen LogP contribution in [-0.4, -0.2) is 19.4 Å². The molecule has 0 spiro atoms. The van der Waals surface area contributed by atoms with E-state index in [-0.39, 0.29) is 0 Å². The first-order chi connectivity index (χ1) is 7.85. The van der Waals surface area contributed by atoms with Crippen LogP contribution < -0.4 is 10.5 Å². The second-order valence-corrected chi connectivity index (χ2v) is 5.34. The Bertz CT molecular complexity index is 354. The molecule has 0 bridgehead atoms. The summed E-state index contributed by atoms with van der Waals surface area (Å²) in [5, 5.41) is 0. The molecule has 16 heavy (non-hydrogen) atoms. The van der Waals surface area contributed by atoms with Gasteiger partial charge in [0.1, 0.15) is 5.75 Å². The zero-order chi connectivity index (χ0) is 11.4. The van der Waals surface area contributed by atoms with Crippen molar-refractivity contribution in [2.24, 2.45) is 11.7 Å². The van der Waals surface area contributed by atoms with Crippen molar-refractivity contribution in [2.75, 3.05) is 19.4 Å². The zero-order valence-electron chi connectivity index (χ0n) is 9.74. The van der Waals surface area contributed by atoms with Crippen LogP contribution in [0.4, 0.5) is 0 Å². The van der Waals surface area contributed by atoms with Crippen molar-refractivity contribution in [3.8, 4) is 5.75 Å². The molecule has 1 atom stereocenters. The third kappa shape index (κ3) is 2.53. The van der Waals surface area contributed by atoms with E-state index in [1.807, 2.05) is 11.8 Å². The van der Waals surface area contributed by atoms with Crippen LogP contribution in [-0.2, 0) is 6.42 Å². The van der Waals surface area contributed by atoms with E-state index < -0.39 is 0 Å². The fraction of sp³-hybridized carbons (Fsp3) is 0.538. The van der Waals surface area contributed by atoms with Gasteiger partial charge in [-0.25, -0.2) is 0 Å². The van der Waals surface area contributed by atoms with Crippen LogP contribution in [0.25, 0.3) is 0 Å². The lowest BCUT2D eigenvalue weighted by molar-refractivity contribution is 0.402. The van der Waals surface area contributed by atoms with Crippen LogP contribution in [0.2, 0.25) is 0 Å². The summed E-state index contributed by atoms with van der Waals surface area (Å²) in [7, 11) is 1.75. The van der Waals surface area contributed by atoms with Gasteiger partial charge < -0.3 is 10.5 Å². The maximum atomic E-state index is 5.65. The van der Waals surface area contributed by atoms with Gasteiger partial charge in [0, 0.05) is 0 Å². The van der Waals surface area contributed by atoms with Crippen LogP contribution in [0.5, 0.6) is 5.75 Å². The maximum Gasteiger partial charge on any atom is 0.132 e. The van der Waals surface area contributed by atoms with Crippen LogP contribution in [0.1, 0.15) is 18.4 Å². The van der Waals surface area contributed by atoms with Gasteiger partial charge in [-0.15, -0.1) is 11.8 Å². The van der Waals surface area contributed by atoms with Crippen molar-refractivity contribution in [2.45, 2.75) is 24.2 Å². The molecule has 2 N–H and O–H groups in total. The molecule has 2 rings (SSSR count). The van der Waals surface area contributed by atoms with E-state index in [0.29, 0.717) is 0 Å². The topological polar surface area (TPSA) is 35.2 Å². The molecule has 0 fully saturated rings. The number of methoxy groups -OCH3 is 1. The summed E-state index contributed by atoms with van der Waals surface area (Å²) in [6.07, 6.45) is 3.55. The molecule has 1 aliphatic heterocycles. The van der Waals surface area contributed by atoms with E-state index in [2.05, 4.69) is 18.2 Å². The molecule has 88 valence electrons. The Kier molecular flexibility index (Phi) is 4.13. The van der Waals surface area contributed by atoms with Crippen molar-refractivity contribution in [1.29, 1.82) is 0 Å². The summed E-state index contributed by atoms with van der Waals surface area (Å²) in [5.41, 5.74) is 7.09. The molecule has 0 aliphatic carbocycles. The van der Waals surface area contributed by atoms with E-state index in [9.17, 15) is 0 Å². The SMILES string of the molecule is COc1cccc2c1SCCC(CCN)C2. The Morgan fingerprint density at radius 3 is 3.12 bits per heavy atom. The van der Waals surface area contributed by atoms with Gasteiger partial charge in [0.25, 0.3) is 0 Å². The minimum Gasteiger partial charge on any atom is -0.496 e. The standard InChI is InChI=1S/C13H19NOS/c1-15-12-4-2-3-11-9-10(5-7-14)6-8-16-13(11)12/h2-4,10H,5-9,14H2,1H3. The van der Waals surface area contributed by atoms with Crippen molar-refractivity contribution < 1.29 is 4.74 Å². The predicted octanol–water partition coefficient (Wildman–Crippen LogP) is 2.70. The average Bonchev–Trinajstić information content (AvgIpc) is 2.50. The van der Waals surface area contributed by atoms with Gasteiger partial charge >= 0.3 is 0 Å². The molecule has 2 nitrogen and oxygen atoms in total. The van der Waals surface area contributed by atoms with Gasteiger partial charge in [0.2, 0.25) is 0 Å². The fourth-order valence-electron chi connectivity index (χ4n) is 2.27. The van der Waals surface area contributed by atoms with Gasteiger partial charge in [-0.3, -0.25) is 0 Å². The smallest absolute Gasteiger partial charge is 0.132 e. The second kappa shape index (κ2) is 5.60. The summed E-state index contributed by atoms with van der Waals surface area (Å²) in [5.74, 6) is 2.94. The molecule has 0 saturated carbocycles. The van der Waals surface area contributed by atoms with Gasteiger partial charge in [0.15, 0.2) is 0 Å². The first kappa shape index (κ1) is 11.8. The Hall–Kier alpha value is -0.670. The van der Waals surface area contributed by atoms with Crippen LogP contribution >= 0.6 is 11.8 Å². The van der Waals surface area contributed by atoms with Gasteiger partial charge in [-0.2, -0.15) is 0 Å². The number of benzene rings is 1. The lowest BCUT2D eigenvalue weighted by Crippen LogP contribution is -2.11. The molecule has 1 aromatic carbocycles. The highest BCUT2D eigenvalue weighted by Gasteiger charge is 2.18. The molecular weight excluding hydrogens is 218 g/mol. The molecule has 0 aromatic heterocycles. The number of rotatable bonds is 3. The highest BCUT2D eigenvalue weighted by molar-refractivity contribution is 7.99. The fourth-order valence-corrected chi connectivity index (χ4v) is 3.56. The molecule has 0 amide bonds. The zero-order valence-corrected chi connectivity index (χ0v) is 10.6. The van der Waals surface area contributed by atoms with Crippen molar-refractivity contribution >= 4 is 11.8 Å². The van der Waals surface area contributed by atoms with Crippen molar-refractivity contribution in [1.82, 2.24) is 0 Å². The molecule has 0 saturated heterocycles. The Balaban J connectivity index is 2.23. The second-order valence-electron chi connectivity index (χ2n) is 4.23. The summed E-state index contributed by atoms with van der Waals surface area (Å²) >= 11 is 1.92. The molecule has 1 unspecified atom stereocenters. The molecule has 0 radical (unpaired) electrons. The molecule has 1 aromatic rings. The lowest BCUT2D eigenvalue weighted by Gasteiger charge is -2.13. The highest BCUT2D eigenvalue weighted by atomic mass is 32.2. The Morgan fingerprint density at radius 1 is 1.50 bits per heavy atom. The van der Waals surface area contributed by atoms with Crippen molar-refractivity contribution in [3.63, 3.8) is 0 Å². The Labute approximate surface area is 102 Å². The van der Waals surface area contributed by atoms with E-state index in [1.165, 1.54) is 22.6 Å². The number of ether oxygens (including phenoxy) is 1. The molecule has 3 heteroatoms. The summed E-state index contributed by atoms with van der Waals surface area (Å²) < 4.78 is 5.42. The average molecular weight is 237 g/mol. The monoisotopic (exact) mass is 237 g/mol. The summed E-state index contributed by atoms with van der Waals surface area (Å²) in [6, 6.07) is 6.36. The number of hydrogen-bond acceptors (Lipinski definition) is 3. The molecule has 1 aliphatic rings. The first-order valence-corrected chi connectivity index (χ1v) is 6.82. The van der Waals surface area contributed by atoms with Gasteiger partial charge in [0.05, 0.1) is 12.0 Å². The lowest BCUT2D eigenvalue weighted by atomic mass is 9.94. The van der Waals surface area contributed by atoms with Gasteiger partial charge in [-0.1, -0.05) is 12.1 Å². The van der Waals surface area contributed by atoms with E-state index in [4.69, 9.17) is 10.5 Å². The number of nitrogens with two attached hydrogens (primary N) is 1. The van der Waals surface area contributed by atoms with E-state index >= 15 is 0 Å². The predicted molar refractivity (Wildman–Crippen MR) is 69.2 cm³/mol. The van der Waals surface area contributed by atoms with Gasteiger partial charge in [-0.05, 0) is 49.1 Å². The number of fused-ring (bicyclic) bond motifs is 1. The summed E-state index contributed by atoms with van der Waals surface area (Å²) in [6.45, 7) is 0.800. The third-order valence-corrected chi connectivity index (χ3v) is 4.33. The molecular formula is C13H19NOS. The largest absolute Gasteiger partial charge is 0.496 e.